The molecular formula is C51H54ClFN8O6. The van der Waals surface area contributed by atoms with Gasteiger partial charge in [0.25, 0.3) is 5.91 Å². The fraction of sp³-hybridized carbons (Fsp3) is 0.412. The summed E-state index contributed by atoms with van der Waals surface area (Å²) in [5.74, 6) is -2.98. The van der Waals surface area contributed by atoms with Crippen molar-refractivity contribution in [2.24, 2.45) is 7.05 Å². The first-order chi connectivity index (χ1) is 32.2. The topological polar surface area (TPSA) is 167 Å². The van der Waals surface area contributed by atoms with Crippen LogP contribution in [0.4, 0.5) is 15.8 Å². The zero-order chi connectivity index (χ0) is 46.9. The molecule has 348 valence electrons. The summed E-state index contributed by atoms with van der Waals surface area (Å²) in [7, 11) is 3.51. The maximum atomic E-state index is 16.5. The molecule has 5 heterocycles. The number of imidazole rings is 1. The summed E-state index contributed by atoms with van der Waals surface area (Å²) >= 11 is 6.44. The van der Waals surface area contributed by atoms with Crippen LogP contribution in [-0.4, -0.2) is 86.2 Å². The van der Waals surface area contributed by atoms with Crippen molar-refractivity contribution in [3.63, 3.8) is 0 Å². The van der Waals surface area contributed by atoms with Crippen LogP contribution in [0.1, 0.15) is 102 Å². The highest BCUT2D eigenvalue weighted by molar-refractivity contribution is 6.31. The fourth-order valence-corrected chi connectivity index (χ4v) is 12.4. The Morgan fingerprint density at radius 3 is 2.37 bits per heavy atom. The second-order valence-electron chi connectivity index (χ2n) is 19.1. The van der Waals surface area contributed by atoms with Crippen molar-refractivity contribution < 1.29 is 28.4 Å². The minimum atomic E-state index is -1.30. The number of para-hydroxylation sites is 1. The number of benzene rings is 4. The minimum Gasteiger partial charge on any atom is -0.339 e. The number of likely N-dealkylation sites (tertiary alicyclic amines) is 1. The Bertz CT molecular complexity index is 2920. The van der Waals surface area contributed by atoms with Crippen LogP contribution in [0.5, 0.6) is 0 Å². The van der Waals surface area contributed by atoms with Crippen LogP contribution >= 0.6 is 11.6 Å². The molecular weight excluding hydrogens is 875 g/mol. The SMILES string of the molecule is Cc1cccc([C@H]2[C@H](C(=O)Nc3ccc(C(=O)N(C)C4CCN(Cc5cccc6c5n(C)c(=O)n6C5CCC(=O)NC5=O)CC4)cc3)NC3(CCCCC3)[C@@]23C(=O)Nc2cc(Cl)ccc23)c1F. The van der Waals surface area contributed by atoms with E-state index in [1.807, 2.05) is 31.3 Å². The Morgan fingerprint density at radius 2 is 1.64 bits per heavy atom. The largest absolute Gasteiger partial charge is 0.339 e. The lowest BCUT2D eigenvalue weighted by atomic mass is 9.55. The molecule has 1 unspecified atom stereocenters. The molecule has 1 aromatic heterocycles. The summed E-state index contributed by atoms with van der Waals surface area (Å²) in [6.45, 7) is 3.71. The molecule has 3 saturated heterocycles. The Labute approximate surface area is 392 Å². The maximum Gasteiger partial charge on any atom is 0.329 e. The zero-order valence-electron chi connectivity index (χ0n) is 37.8. The van der Waals surface area contributed by atoms with Crippen molar-refractivity contribution in [3.8, 4) is 0 Å². The number of aromatic nitrogens is 2. The van der Waals surface area contributed by atoms with Gasteiger partial charge in [-0.1, -0.05) is 67.3 Å². The van der Waals surface area contributed by atoms with E-state index in [9.17, 15) is 28.8 Å². The van der Waals surface area contributed by atoms with Crippen molar-refractivity contribution in [1.29, 1.82) is 0 Å². The fourth-order valence-electron chi connectivity index (χ4n) is 12.2. The lowest BCUT2D eigenvalue weighted by Crippen LogP contribution is -2.60. The van der Waals surface area contributed by atoms with Gasteiger partial charge in [-0.25, -0.2) is 9.18 Å². The van der Waals surface area contributed by atoms with Gasteiger partial charge in [0.1, 0.15) is 17.3 Å². The molecule has 4 N–H and O–H groups in total. The molecule has 4 aliphatic heterocycles. The van der Waals surface area contributed by atoms with Crippen LogP contribution in [0.2, 0.25) is 5.02 Å². The number of anilines is 2. The van der Waals surface area contributed by atoms with Crippen molar-refractivity contribution in [2.75, 3.05) is 30.8 Å². The Morgan fingerprint density at radius 1 is 0.910 bits per heavy atom. The van der Waals surface area contributed by atoms with E-state index in [2.05, 4.69) is 26.2 Å². The molecule has 0 radical (unpaired) electrons. The molecule has 4 atom stereocenters. The number of amides is 5. The van der Waals surface area contributed by atoms with Crippen molar-refractivity contribution in [1.82, 2.24) is 29.6 Å². The molecule has 1 aliphatic carbocycles. The molecule has 2 spiro atoms. The van der Waals surface area contributed by atoms with Crippen LogP contribution in [0.3, 0.4) is 0 Å². The molecule has 1 saturated carbocycles. The molecule has 4 fully saturated rings. The van der Waals surface area contributed by atoms with Crippen molar-refractivity contribution in [3.05, 3.63) is 128 Å². The summed E-state index contributed by atoms with van der Waals surface area (Å²) < 4.78 is 19.6. The average Bonchev–Trinajstić information content (AvgIpc) is 3.88. The zero-order valence-corrected chi connectivity index (χ0v) is 38.6. The second-order valence-corrected chi connectivity index (χ2v) is 19.6. The highest BCUT2D eigenvalue weighted by Gasteiger charge is 2.72. The van der Waals surface area contributed by atoms with Crippen LogP contribution in [-0.2, 0) is 38.2 Å². The second kappa shape index (κ2) is 17.2. The summed E-state index contributed by atoms with van der Waals surface area (Å²) in [6, 6.07) is 21.2. The van der Waals surface area contributed by atoms with Gasteiger partial charge in [0, 0.05) is 79.6 Å². The molecule has 67 heavy (non-hydrogen) atoms. The van der Waals surface area contributed by atoms with Crippen LogP contribution in [0.25, 0.3) is 11.0 Å². The number of halogens is 2. The van der Waals surface area contributed by atoms with Crippen LogP contribution in [0.15, 0.2) is 83.7 Å². The highest BCUT2D eigenvalue weighted by Crippen LogP contribution is 2.62. The smallest absolute Gasteiger partial charge is 0.329 e. The van der Waals surface area contributed by atoms with E-state index in [0.29, 0.717) is 63.6 Å². The summed E-state index contributed by atoms with van der Waals surface area (Å²) in [4.78, 5) is 85.5. The van der Waals surface area contributed by atoms with E-state index in [1.54, 1.807) is 78.0 Å². The first kappa shape index (κ1) is 44.7. The van der Waals surface area contributed by atoms with Gasteiger partial charge in [-0.05, 0) is 104 Å². The first-order valence-corrected chi connectivity index (χ1v) is 23.7. The number of nitrogens with one attached hydrogen (secondary N) is 4. The number of carbonyl (C=O) groups is 5. The summed E-state index contributed by atoms with van der Waals surface area (Å²) in [5, 5.41) is 12.7. The molecule has 4 aromatic carbocycles. The first-order valence-electron chi connectivity index (χ1n) is 23.3. The number of hydrogen-bond donors (Lipinski definition) is 4. The number of rotatable bonds is 8. The molecule has 0 bridgehead atoms. The monoisotopic (exact) mass is 928 g/mol. The van der Waals surface area contributed by atoms with Gasteiger partial charge >= 0.3 is 5.69 Å². The summed E-state index contributed by atoms with van der Waals surface area (Å²) in [5.41, 5.74) is 2.83. The summed E-state index contributed by atoms with van der Waals surface area (Å²) in [6.07, 6.45) is 5.83. The van der Waals surface area contributed by atoms with E-state index in [0.717, 1.165) is 56.3 Å². The van der Waals surface area contributed by atoms with Gasteiger partial charge < -0.3 is 15.5 Å². The van der Waals surface area contributed by atoms with E-state index in [1.165, 1.54) is 4.57 Å². The van der Waals surface area contributed by atoms with Gasteiger partial charge in [0.05, 0.1) is 17.1 Å². The highest BCUT2D eigenvalue weighted by atomic mass is 35.5. The van der Waals surface area contributed by atoms with Gasteiger partial charge in [-0.3, -0.25) is 48.6 Å². The third kappa shape index (κ3) is 7.28. The Hall–Kier alpha value is -6.16. The number of carbonyl (C=O) groups excluding carboxylic acids is 5. The third-order valence-corrected chi connectivity index (χ3v) is 15.7. The molecule has 5 aromatic rings. The molecule has 5 aliphatic rings. The predicted molar refractivity (Wildman–Crippen MR) is 252 cm³/mol. The van der Waals surface area contributed by atoms with E-state index in [-0.39, 0.29) is 42.3 Å². The number of imide groups is 1. The van der Waals surface area contributed by atoms with Gasteiger partial charge in [-0.15, -0.1) is 0 Å². The maximum absolute atomic E-state index is 16.5. The molecule has 14 nitrogen and oxygen atoms in total. The van der Waals surface area contributed by atoms with Crippen LogP contribution < -0.4 is 27.0 Å². The molecule has 16 heteroatoms. The van der Waals surface area contributed by atoms with E-state index < -0.39 is 46.6 Å². The van der Waals surface area contributed by atoms with Crippen LogP contribution in [0, 0.1) is 12.7 Å². The number of piperidine rings is 2. The lowest BCUT2D eigenvalue weighted by molar-refractivity contribution is -0.135. The number of aryl methyl sites for hydroxylation is 2. The van der Waals surface area contributed by atoms with Crippen molar-refractivity contribution in [2.45, 2.75) is 106 Å². The molecule has 5 amide bonds. The van der Waals surface area contributed by atoms with Crippen molar-refractivity contribution >= 4 is 63.5 Å². The normalized spacial score (nSPS) is 24.0. The quantitative estimate of drug-likeness (QED) is 0.129. The molecule has 10 rings (SSSR count). The number of fused-ring (bicyclic) bond motifs is 4. The minimum absolute atomic E-state index is 0.0161. The standard InChI is InChI=1S/C51H54ClFN8O6/c1-29-9-7-11-35(42(29)53)41-43(57-50(23-5-4-6-24-50)51(41)36-18-15-32(52)27-37(36)55-48(51)66)46(64)54-33-16-13-30(14-17-33)47(65)58(2)34-21-25-60(26-22-34)28-31-10-8-12-38-44(31)59(3)49(67)61(38)39-19-20-40(62)56-45(39)63/h7-18,27,34,39,41,43,57H,4-6,19-26,28H2,1-3H3,(H,54,64)(H,55,66)(H,56,62,63)/t39?,41-,43+,51+/m0/s1. The van der Waals surface area contributed by atoms with Gasteiger partial charge in [-0.2, -0.15) is 0 Å². The predicted octanol–water partition coefficient (Wildman–Crippen LogP) is 6.44. The lowest BCUT2D eigenvalue weighted by Gasteiger charge is -2.47. The third-order valence-electron chi connectivity index (χ3n) is 15.5. The van der Waals surface area contributed by atoms with E-state index >= 15 is 4.39 Å². The number of nitrogens with zero attached hydrogens (tertiary/aromatic N) is 4. The Balaban J connectivity index is 0.836. The Kier molecular flexibility index (Phi) is 11.4. The van der Waals surface area contributed by atoms with E-state index in [4.69, 9.17) is 11.6 Å². The average molecular weight is 929 g/mol. The van der Waals surface area contributed by atoms with Gasteiger partial charge in [0.2, 0.25) is 23.6 Å². The van der Waals surface area contributed by atoms with Gasteiger partial charge in [0.15, 0.2) is 0 Å². The number of hydrogen-bond acceptors (Lipinski definition) is 8.